The van der Waals surface area contributed by atoms with Gasteiger partial charge in [-0.3, -0.25) is 14.5 Å². The average molecular weight is 493 g/mol. The van der Waals surface area contributed by atoms with Crippen LogP contribution in [0.25, 0.3) is 6.08 Å². The molecule has 3 rings (SSSR count). The first-order valence-electron chi connectivity index (χ1n) is 8.44. The van der Waals surface area contributed by atoms with E-state index in [1.54, 1.807) is 44.6 Å². The second kappa shape index (κ2) is 9.43. The van der Waals surface area contributed by atoms with E-state index in [0.29, 0.717) is 26.4 Å². The Labute approximate surface area is 186 Å². The van der Waals surface area contributed by atoms with Crippen molar-refractivity contribution in [1.29, 1.82) is 0 Å². The Morgan fingerprint density at radius 2 is 1.86 bits per heavy atom. The summed E-state index contributed by atoms with van der Waals surface area (Å²) in [6, 6.07) is 12.5. The molecule has 0 aliphatic carbocycles. The van der Waals surface area contributed by atoms with Gasteiger partial charge in [-0.25, -0.2) is 0 Å². The first-order chi connectivity index (χ1) is 13.9. The maximum absolute atomic E-state index is 12.7. The molecule has 0 bridgehead atoms. The van der Waals surface area contributed by atoms with E-state index in [-0.39, 0.29) is 18.4 Å². The molecule has 6 nitrogen and oxygen atoms in total. The number of rotatable bonds is 6. The number of amides is 2. The molecule has 2 aromatic rings. The summed E-state index contributed by atoms with van der Waals surface area (Å²) in [5.74, 6) is 0.532. The SMILES string of the molecule is COc1ccc(/C=C2\SC(=S)N(CC(=O)Nc3ccc(Br)cc3)C2=O)cc1OC. The summed E-state index contributed by atoms with van der Waals surface area (Å²) >= 11 is 9.80. The van der Waals surface area contributed by atoms with Gasteiger partial charge in [-0.05, 0) is 48.0 Å². The van der Waals surface area contributed by atoms with E-state index < -0.39 is 0 Å². The number of benzene rings is 2. The standard InChI is InChI=1S/C20H17BrN2O4S2/c1-26-15-8-3-12(9-16(15)27-2)10-17-19(25)23(20(28)29-17)11-18(24)22-14-6-4-13(21)5-7-14/h3-10H,11H2,1-2H3,(H,22,24)/b17-10-. The number of carbonyl (C=O) groups is 2. The fraction of sp³-hybridized carbons (Fsp3) is 0.150. The molecule has 1 aliphatic rings. The quantitative estimate of drug-likeness (QED) is 0.478. The van der Waals surface area contributed by atoms with Crippen molar-refractivity contribution in [2.45, 2.75) is 0 Å². The molecule has 29 heavy (non-hydrogen) atoms. The van der Waals surface area contributed by atoms with Crippen molar-refractivity contribution in [1.82, 2.24) is 4.90 Å². The minimum Gasteiger partial charge on any atom is -0.493 e. The van der Waals surface area contributed by atoms with Crippen LogP contribution in [0.3, 0.4) is 0 Å². The Balaban J connectivity index is 1.71. The van der Waals surface area contributed by atoms with Crippen LogP contribution in [-0.4, -0.2) is 41.8 Å². The highest BCUT2D eigenvalue weighted by Gasteiger charge is 2.33. The third-order valence-electron chi connectivity index (χ3n) is 4.01. The highest BCUT2D eigenvalue weighted by molar-refractivity contribution is 9.10. The van der Waals surface area contributed by atoms with E-state index in [1.165, 1.54) is 4.90 Å². The topological polar surface area (TPSA) is 67.9 Å². The lowest BCUT2D eigenvalue weighted by atomic mass is 10.2. The highest BCUT2D eigenvalue weighted by atomic mass is 79.9. The van der Waals surface area contributed by atoms with Gasteiger partial charge in [0.05, 0.1) is 19.1 Å². The van der Waals surface area contributed by atoms with Gasteiger partial charge in [-0.15, -0.1) is 0 Å². The zero-order valence-corrected chi connectivity index (χ0v) is 18.8. The van der Waals surface area contributed by atoms with Gasteiger partial charge in [0.2, 0.25) is 5.91 Å². The second-order valence-electron chi connectivity index (χ2n) is 5.94. The van der Waals surface area contributed by atoms with E-state index in [1.807, 2.05) is 18.2 Å². The lowest BCUT2D eigenvalue weighted by Crippen LogP contribution is -2.36. The molecule has 1 aliphatic heterocycles. The molecule has 1 N–H and O–H groups in total. The van der Waals surface area contributed by atoms with Gasteiger partial charge in [-0.2, -0.15) is 0 Å². The van der Waals surface area contributed by atoms with Crippen molar-refractivity contribution >= 4 is 67.8 Å². The first kappa shape index (κ1) is 21.4. The molecule has 0 unspecified atom stereocenters. The Bertz CT molecular complexity index is 992. The molecule has 2 aromatic carbocycles. The van der Waals surface area contributed by atoms with E-state index in [9.17, 15) is 9.59 Å². The van der Waals surface area contributed by atoms with E-state index >= 15 is 0 Å². The fourth-order valence-electron chi connectivity index (χ4n) is 2.61. The number of ether oxygens (including phenoxy) is 2. The summed E-state index contributed by atoms with van der Waals surface area (Å²) in [7, 11) is 3.10. The number of thioether (sulfide) groups is 1. The summed E-state index contributed by atoms with van der Waals surface area (Å²) in [6.45, 7) is -0.149. The zero-order valence-electron chi connectivity index (χ0n) is 15.6. The smallest absolute Gasteiger partial charge is 0.266 e. The molecule has 0 radical (unpaired) electrons. The van der Waals surface area contributed by atoms with Gasteiger partial charge in [0.1, 0.15) is 10.9 Å². The number of thiocarbonyl (C=S) groups is 1. The van der Waals surface area contributed by atoms with Gasteiger partial charge >= 0.3 is 0 Å². The number of hydrogen-bond donors (Lipinski definition) is 1. The summed E-state index contributed by atoms with van der Waals surface area (Å²) in [6.07, 6.45) is 1.72. The van der Waals surface area contributed by atoms with Crippen molar-refractivity contribution < 1.29 is 19.1 Å². The number of nitrogens with one attached hydrogen (secondary N) is 1. The number of methoxy groups -OCH3 is 2. The molecular formula is C20H17BrN2O4S2. The van der Waals surface area contributed by atoms with Crippen LogP contribution < -0.4 is 14.8 Å². The molecule has 1 fully saturated rings. The van der Waals surface area contributed by atoms with Gasteiger partial charge in [-0.1, -0.05) is 46.0 Å². The Hall–Kier alpha value is -2.36. The molecular weight excluding hydrogens is 476 g/mol. The summed E-state index contributed by atoms with van der Waals surface area (Å²) in [5, 5.41) is 2.76. The third-order valence-corrected chi connectivity index (χ3v) is 5.92. The Morgan fingerprint density at radius 1 is 1.17 bits per heavy atom. The molecule has 0 saturated carbocycles. The molecule has 0 atom stereocenters. The van der Waals surface area contributed by atoms with Gasteiger partial charge in [0.15, 0.2) is 11.5 Å². The predicted molar refractivity (Wildman–Crippen MR) is 122 cm³/mol. The van der Waals surface area contributed by atoms with Gasteiger partial charge in [0.25, 0.3) is 5.91 Å². The number of hydrogen-bond acceptors (Lipinski definition) is 6. The lowest BCUT2D eigenvalue weighted by Gasteiger charge is -2.14. The van der Waals surface area contributed by atoms with Crippen LogP contribution in [0.5, 0.6) is 11.5 Å². The summed E-state index contributed by atoms with van der Waals surface area (Å²) in [4.78, 5) is 26.8. The zero-order chi connectivity index (χ0) is 21.0. The number of halogens is 1. The third kappa shape index (κ3) is 5.17. The van der Waals surface area contributed by atoms with Crippen LogP contribution in [0.1, 0.15) is 5.56 Å². The van der Waals surface area contributed by atoms with Crippen molar-refractivity contribution in [2.24, 2.45) is 0 Å². The molecule has 1 heterocycles. The van der Waals surface area contributed by atoms with Gasteiger partial charge in [0, 0.05) is 10.2 Å². The van der Waals surface area contributed by atoms with Crippen molar-refractivity contribution in [3.63, 3.8) is 0 Å². The molecule has 1 saturated heterocycles. The monoisotopic (exact) mass is 492 g/mol. The highest BCUT2D eigenvalue weighted by Crippen LogP contribution is 2.34. The number of nitrogens with zero attached hydrogens (tertiary/aromatic N) is 1. The van der Waals surface area contributed by atoms with E-state index in [2.05, 4.69) is 21.2 Å². The second-order valence-corrected chi connectivity index (χ2v) is 8.53. The predicted octanol–water partition coefficient (Wildman–Crippen LogP) is 4.31. The molecule has 0 spiro atoms. The maximum atomic E-state index is 12.7. The average Bonchev–Trinajstić information content (AvgIpc) is 2.97. The Morgan fingerprint density at radius 3 is 2.52 bits per heavy atom. The van der Waals surface area contributed by atoms with E-state index in [4.69, 9.17) is 21.7 Å². The lowest BCUT2D eigenvalue weighted by molar-refractivity contribution is -0.126. The van der Waals surface area contributed by atoms with Crippen LogP contribution in [0.4, 0.5) is 5.69 Å². The van der Waals surface area contributed by atoms with Crippen LogP contribution in [-0.2, 0) is 9.59 Å². The largest absolute Gasteiger partial charge is 0.493 e. The van der Waals surface area contributed by atoms with E-state index in [0.717, 1.165) is 21.8 Å². The van der Waals surface area contributed by atoms with Crippen molar-refractivity contribution in [2.75, 3.05) is 26.1 Å². The van der Waals surface area contributed by atoms with Crippen molar-refractivity contribution in [3.8, 4) is 11.5 Å². The molecule has 0 aromatic heterocycles. The number of anilines is 1. The first-order valence-corrected chi connectivity index (χ1v) is 10.5. The summed E-state index contributed by atoms with van der Waals surface area (Å²) in [5.41, 5.74) is 1.41. The molecule has 150 valence electrons. The normalized spacial score (nSPS) is 15.0. The summed E-state index contributed by atoms with van der Waals surface area (Å²) < 4.78 is 11.8. The minimum absolute atomic E-state index is 0.149. The molecule has 9 heteroatoms. The fourth-order valence-corrected chi connectivity index (χ4v) is 4.13. The van der Waals surface area contributed by atoms with Crippen LogP contribution in [0.15, 0.2) is 51.8 Å². The van der Waals surface area contributed by atoms with Crippen LogP contribution >= 0.6 is 39.9 Å². The maximum Gasteiger partial charge on any atom is 0.266 e. The minimum atomic E-state index is -0.323. The Kier molecular flexibility index (Phi) is 6.94. The molecule has 2 amide bonds. The van der Waals surface area contributed by atoms with Gasteiger partial charge < -0.3 is 14.8 Å². The number of carbonyl (C=O) groups excluding carboxylic acids is 2. The van der Waals surface area contributed by atoms with Crippen LogP contribution in [0, 0.1) is 0 Å². The van der Waals surface area contributed by atoms with Crippen LogP contribution in [0.2, 0.25) is 0 Å². The van der Waals surface area contributed by atoms with Crippen molar-refractivity contribution in [3.05, 3.63) is 57.4 Å².